The van der Waals surface area contributed by atoms with Gasteiger partial charge in [-0.1, -0.05) is 31.4 Å². The van der Waals surface area contributed by atoms with Crippen molar-refractivity contribution in [2.75, 3.05) is 13.7 Å². The number of rotatable bonds is 11. The Hall–Kier alpha value is -2.77. The van der Waals surface area contributed by atoms with Crippen LogP contribution in [0.2, 0.25) is 0 Å². The topological polar surface area (TPSA) is 103 Å². The van der Waals surface area contributed by atoms with Gasteiger partial charge in [-0.25, -0.2) is 9.59 Å². The second-order valence-electron chi connectivity index (χ2n) is 9.78. The van der Waals surface area contributed by atoms with Crippen molar-refractivity contribution >= 4 is 18.0 Å². The Bertz CT molecular complexity index is 781. The highest BCUT2D eigenvalue weighted by Gasteiger charge is 2.25. The summed E-state index contributed by atoms with van der Waals surface area (Å²) < 4.78 is 15.9. The number of amides is 2. The van der Waals surface area contributed by atoms with Gasteiger partial charge in [-0.15, -0.1) is 0 Å². The number of carbonyl (C=O) groups is 3. The average Bonchev–Trinajstić information content (AvgIpc) is 2.81. The summed E-state index contributed by atoms with van der Waals surface area (Å²) in [5, 5.41) is 5.64. The smallest absolute Gasteiger partial charge is 0.408 e. The molecule has 34 heavy (non-hydrogen) atoms. The van der Waals surface area contributed by atoms with Gasteiger partial charge in [0.15, 0.2) is 0 Å². The summed E-state index contributed by atoms with van der Waals surface area (Å²) in [7, 11) is 1.59. The zero-order chi connectivity index (χ0) is 25.0. The van der Waals surface area contributed by atoms with Crippen LogP contribution < -0.4 is 15.4 Å². The van der Waals surface area contributed by atoms with Gasteiger partial charge in [-0.05, 0) is 70.6 Å². The molecule has 0 spiro atoms. The van der Waals surface area contributed by atoms with Crippen LogP contribution in [0.1, 0.15) is 77.7 Å². The predicted molar refractivity (Wildman–Crippen MR) is 129 cm³/mol. The molecule has 1 atom stereocenters. The number of esters is 1. The molecular weight excluding hydrogens is 436 g/mol. The summed E-state index contributed by atoms with van der Waals surface area (Å²) in [6.07, 6.45) is 6.46. The summed E-state index contributed by atoms with van der Waals surface area (Å²) in [5.41, 5.74) is 0.140. The van der Waals surface area contributed by atoms with E-state index in [2.05, 4.69) is 10.6 Å². The number of hydrogen-bond donors (Lipinski definition) is 2. The highest BCUT2D eigenvalue weighted by molar-refractivity contribution is 5.81. The van der Waals surface area contributed by atoms with Crippen LogP contribution in [0.25, 0.3) is 0 Å². The number of hydrogen-bond acceptors (Lipinski definition) is 6. The van der Waals surface area contributed by atoms with E-state index in [1.165, 1.54) is 6.42 Å². The van der Waals surface area contributed by atoms with E-state index in [1.54, 1.807) is 40.0 Å². The van der Waals surface area contributed by atoms with Gasteiger partial charge < -0.3 is 24.8 Å². The summed E-state index contributed by atoms with van der Waals surface area (Å²) >= 11 is 0. The Labute approximate surface area is 203 Å². The zero-order valence-electron chi connectivity index (χ0n) is 21.0. The lowest BCUT2D eigenvalue weighted by Crippen LogP contribution is -2.44. The quantitative estimate of drug-likeness (QED) is 0.360. The van der Waals surface area contributed by atoms with E-state index in [1.807, 2.05) is 12.1 Å². The van der Waals surface area contributed by atoms with Crippen molar-refractivity contribution < 1.29 is 28.6 Å². The fourth-order valence-electron chi connectivity index (χ4n) is 3.87. The van der Waals surface area contributed by atoms with Gasteiger partial charge in [0.2, 0.25) is 5.91 Å². The fourth-order valence-corrected chi connectivity index (χ4v) is 3.87. The highest BCUT2D eigenvalue weighted by Crippen LogP contribution is 2.23. The van der Waals surface area contributed by atoms with Crippen LogP contribution in [-0.2, 0) is 25.7 Å². The molecule has 0 bridgehead atoms. The maximum Gasteiger partial charge on any atom is 0.408 e. The molecule has 8 nitrogen and oxygen atoms in total. The Kier molecular flexibility index (Phi) is 11.2. The van der Waals surface area contributed by atoms with Crippen LogP contribution in [0, 0.1) is 5.92 Å². The minimum Gasteiger partial charge on any atom is -0.497 e. The van der Waals surface area contributed by atoms with Crippen LogP contribution in [0.4, 0.5) is 4.79 Å². The van der Waals surface area contributed by atoms with Gasteiger partial charge in [-0.3, -0.25) is 4.79 Å². The summed E-state index contributed by atoms with van der Waals surface area (Å²) in [4.78, 5) is 37.3. The van der Waals surface area contributed by atoms with Crippen molar-refractivity contribution in [3.63, 3.8) is 0 Å². The lowest BCUT2D eigenvalue weighted by molar-refractivity contribution is -0.147. The molecule has 0 aliphatic heterocycles. The van der Waals surface area contributed by atoms with Crippen molar-refractivity contribution in [2.45, 2.75) is 90.4 Å². The van der Waals surface area contributed by atoms with E-state index >= 15 is 0 Å². The molecule has 1 aliphatic rings. The maximum absolute atomic E-state index is 12.7. The first-order valence-corrected chi connectivity index (χ1v) is 12.2. The third kappa shape index (κ3) is 10.4. The van der Waals surface area contributed by atoms with Crippen molar-refractivity contribution in [3.05, 3.63) is 29.8 Å². The molecule has 0 unspecified atom stereocenters. The first kappa shape index (κ1) is 27.5. The third-order valence-electron chi connectivity index (χ3n) is 5.71. The Morgan fingerprint density at radius 3 is 2.32 bits per heavy atom. The molecule has 2 N–H and O–H groups in total. The van der Waals surface area contributed by atoms with Crippen LogP contribution in [0.3, 0.4) is 0 Å². The molecule has 1 aromatic rings. The van der Waals surface area contributed by atoms with Crippen LogP contribution in [0.15, 0.2) is 24.3 Å². The summed E-state index contributed by atoms with van der Waals surface area (Å²) in [5.74, 6) is 0.452. The molecular formula is C26H40N2O6. The van der Waals surface area contributed by atoms with Gasteiger partial charge in [-0.2, -0.15) is 0 Å². The number of ether oxygens (including phenoxy) is 3. The Morgan fingerprint density at radius 2 is 1.71 bits per heavy atom. The average molecular weight is 477 g/mol. The second kappa shape index (κ2) is 13.8. The zero-order valence-corrected chi connectivity index (χ0v) is 21.0. The molecule has 2 amide bonds. The van der Waals surface area contributed by atoms with Gasteiger partial charge in [0.25, 0.3) is 0 Å². The maximum atomic E-state index is 12.7. The number of methoxy groups -OCH3 is 1. The lowest BCUT2D eigenvalue weighted by atomic mass is 9.88. The number of carbonyl (C=O) groups excluding carboxylic acids is 3. The third-order valence-corrected chi connectivity index (χ3v) is 5.71. The predicted octanol–water partition coefficient (Wildman–Crippen LogP) is 4.50. The van der Waals surface area contributed by atoms with E-state index in [0.717, 1.165) is 37.0 Å². The normalized spacial score (nSPS) is 15.2. The Balaban J connectivity index is 1.82. The first-order valence-electron chi connectivity index (χ1n) is 12.2. The van der Waals surface area contributed by atoms with E-state index in [4.69, 9.17) is 14.2 Å². The highest BCUT2D eigenvalue weighted by atomic mass is 16.6. The minimum absolute atomic E-state index is 0.0901. The van der Waals surface area contributed by atoms with E-state index in [-0.39, 0.29) is 18.4 Å². The van der Waals surface area contributed by atoms with Gasteiger partial charge in [0.1, 0.15) is 24.0 Å². The molecule has 0 radical (unpaired) electrons. The first-order chi connectivity index (χ1) is 16.2. The number of alkyl carbamates (subject to hydrolysis) is 1. The molecule has 0 heterocycles. The number of unbranched alkanes of at least 4 members (excludes halogenated alkanes) is 1. The molecule has 1 aliphatic carbocycles. The lowest BCUT2D eigenvalue weighted by Gasteiger charge is -2.23. The number of benzene rings is 1. The van der Waals surface area contributed by atoms with E-state index in [0.29, 0.717) is 25.8 Å². The SMILES string of the molecule is COc1ccc(COC(=O)[C@H](CCCCNC(=O)C2CCCCC2)NC(=O)OC(C)(C)C)cc1. The van der Waals surface area contributed by atoms with Crippen LogP contribution in [0.5, 0.6) is 5.75 Å². The minimum atomic E-state index is -0.831. The molecule has 1 aromatic carbocycles. The largest absolute Gasteiger partial charge is 0.497 e. The van der Waals surface area contributed by atoms with Crippen molar-refractivity contribution in [3.8, 4) is 5.75 Å². The monoisotopic (exact) mass is 476 g/mol. The molecule has 190 valence electrons. The van der Waals surface area contributed by atoms with Crippen molar-refractivity contribution in [1.29, 1.82) is 0 Å². The Morgan fingerprint density at radius 1 is 1.03 bits per heavy atom. The summed E-state index contributed by atoms with van der Waals surface area (Å²) in [6.45, 7) is 5.93. The van der Waals surface area contributed by atoms with Crippen LogP contribution in [-0.4, -0.2) is 43.3 Å². The van der Waals surface area contributed by atoms with Crippen molar-refractivity contribution in [1.82, 2.24) is 10.6 Å². The van der Waals surface area contributed by atoms with Crippen molar-refractivity contribution in [2.24, 2.45) is 5.92 Å². The molecule has 0 aromatic heterocycles. The molecule has 0 saturated heterocycles. The second-order valence-corrected chi connectivity index (χ2v) is 9.78. The molecule has 8 heteroatoms. The number of nitrogens with one attached hydrogen (secondary N) is 2. The summed E-state index contributed by atoms with van der Waals surface area (Å²) in [6, 6.07) is 6.39. The van der Waals surface area contributed by atoms with Gasteiger partial charge in [0.05, 0.1) is 7.11 Å². The molecule has 1 saturated carbocycles. The van der Waals surface area contributed by atoms with Gasteiger partial charge in [0, 0.05) is 12.5 Å². The molecule has 2 rings (SSSR count). The van der Waals surface area contributed by atoms with Crippen LogP contribution >= 0.6 is 0 Å². The van der Waals surface area contributed by atoms with E-state index in [9.17, 15) is 14.4 Å². The van der Waals surface area contributed by atoms with E-state index < -0.39 is 23.7 Å². The molecule has 1 fully saturated rings. The standard InChI is InChI=1S/C26H40N2O6/c1-26(2,3)34-25(31)28-22(24(30)33-18-19-13-15-21(32-4)16-14-19)12-8-9-17-27-23(29)20-10-6-5-7-11-20/h13-16,20,22H,5-12,17-18H2,1-4H3,(H,27,29)(H,28,31)/t22-/m0/s1. The fraction of sp³-hybridized carbons (Fsp3) is 0.654. The van der Waals surface area contributed by atoms with Gasteiger partial charge >= 0.3 is 12.1 Å².